The molecule has 0 aliphatic carbocycles. The zero-order valence-electron chi connectivity index (χ0n) is 22.9. The van der Waals surface area contributed by atoms with Crippen molar-refractivity contribution in [2.45, 2.75) is 60.1 Å². The second-order valence-electron chi connectivity index (χ2n) is 10.6. The summed E-state index contributed by atoms with van der Waals surface area (Å²) in [5.41, 5.74) is 9.56. The van der Waals surface area contributed by atoms with E-state index in [1.165, 1.54) is 6.07 Å². The van der Waals surface area contributed by atoms with E-state index in [4.69, 9.17) is 15.2 Å². The third kappa shape index (κ3) is 7.67. The van der Waals surface area contributed by atoms with Gasteiger partial charge in [0.2, 0.25) is 0 Å². The maximum Gasteiger partial charge on any atom is 0.343 e. The van der Waals surface area contributed by atoms with E-state index in [0.29, 0.717) is 23.1 Å². The molecule has 38 heavy (non-hydrogen) atoms. The first kappa shape index (κ1) is 31.0. The fourth-order valence-corrected chi connectivity index (χ4v) is 4.13. The van der Waals surface area contributed by atoms with Gasteiger partial charge in [-0.05, 0) is 67.6 Å². The lowest BCUT2D eigenvalue weighted by atomic mass is 9.75. The molecule has 0 aromatic heterocycles. The molecule has 7 heteroatoms. The number of hydrogen-bond donors (Lipinski definition) is 2. The van der Waals surface area contributed by atoms with E-state index >= 15 is 0 Å². The van der Waals surface area contributed by atoms with Crippen LogP contribution in [0.3, 0.4) is 0 Å². The van der Waals surface area contributed by atoms with Crippen molar-refractivity contribution >= 4 is 24.3 Å². The van der Waals surface area contributed by atoms with Gasteiger partial charge in [0, 0.05) is 12.0 Å². The van der Waals surface area contributed by atoms with Crippen molar-refractivity contribution in [2.75, 3.05) is 0 Å². The molecule has 6 nitrogen and oxygen atoms in total. The van der Waals surface area contributed by atoms with Gasteiger partial charge in [0.25, 0.3) is 0 Å². The molecule has 3 atom stereocenters. The number of aliphatic hydroxyl groups excluding tert-OH is 1. The quantitative estimate of drug-likeness (QED) is 0.247. The lowest BCUT2D eigenvalue weighted by Crippen LogP contribution is -2.44. The van der Waals surface area contributed by atoms with Gasteiger partial charge >= 0.3 is 11.9 Å². The standard InChI is InChI=1S/C31H37NO5.ClH/c1-7-24(28(32)31(4,5)6)27(33)23-16-17-25(36-29(34)21-12-8-19(2)9-13-21)26(18-23)37-30(35)22-14-10-20(3)11-15-22;/h8-18,24,27-28,33H,7,32H2,1-6H3;1H. The molecule has 0 aliphatic heterocycles. The van der Waals surface area contributed by atoms with Crippen LogP contribution in [-0.4, -0.2) is 23.1 Å². The Morgan fingerprint density at radius 1 is 0.816 bits per heavy atom. The van der Waals surface area contributed by atoms with E-state index in [0.717, 1.165) is 11.1 Å². The molecule has 3 aromatic carbocycles. The molecule has 3 N–H and O–H groups in total. The Morgan fingerprint density at radius 2 is 1.26 bits per heavy atom. The van der Waals surface area contributed by atoms with Gasteiger partial charge in [0.15, 0.2) is 11.5 Å². The Hall–Kier alpha value is -3.19. The number of hydrogen-bond acceptors (Lipinski definition) is 6. The fourth-order valence-electron chi connectivity index (χ4n) is 4.13. The average Bonchev–Trinajstić information content (AvgIpc) is 2.85. The Balaban J connectivity index is 0.00000507. The van der Waals surface area contributed by atoms with E-state index in [-0.39, 0.29) is 41.3 Å². The number of carbonyl (C=O) groups excluding carboxylic acids is 2. The van der Waals surface area contributed by atoms with Crippen molar-refractivity contribution < 1.29 is 24.2 Å². The number of benzene rings is 3. The SMILES string of the molecule is CCC(C(O)c1ccc(OC(=O)c2ccc(C)cc2)c(OC(=O)c2ccc(C)cc2)c1)C(N)C(C)(C)C.Cl. The molecule has 3 unspecified atom stereocenters. The van der Waals surface area contributed by atoms with E-state index < -0.39 is 18.0 Å². The summed E-state index contributed by atoms with van der Waals surface area (Å²) in [6.07, 6.45) is -0.250. The van der Waals surface area contributed by atoms with Gasteiger partial charge in [-0.1, -0.05) is 69.2 Å². The first-order chi connectivity index (χ1) is 17.4. The van der Waals surface area contributed by atoms with Gasteiger partial charge in [-0.2, -0.15) is 0 Å². The van der Waals surface area contributed by atoms with E-state index in [9.17, 15) is 14.7 Å². The normalized spacial score (nSPS) is 13.6. The highest BCUT2D eigenvalue weighted by Gasteiger charge is 2.33. The number of nitrogens with two attached hydrogens (primary N) is 1. The van der Waals surface area contributed by atoms with E-state index in [1.54, 1.807) is 36.4 Å². The van der Waals surface area contributed by atoms with Crippen molar-refractivity contribution in [3.05, 3.63) is 94.5 Å². The number of rotatable bonds is 8. The summed E-state index contributed by atoms with van der Waals surface area (Å²) < 4.78 is 11.3. The summed E-state index contributed by atoms with van der Waals surface area (Å²) in [4.78, 5) is 25.8. The highest BCUT2D eigenvalue weighted by molar-refractivity contribution is 5.93. The first-order valence-electron chi connectivity index (χ1n) is 12.6. The molecule has 3 aromatic rings. The van der Waals surface area contributed by atoms with Gasteiger partial charge in [-0.3, -0.25) is 0 Å². The van der Waals surface area contributed by atoms with Crippen molar-refractivity contribution in [1.82, 2.24) is 0 Å². The third-order valence-corrected chi connectivity index (χ3v) is 6.63. The summed E-state index contributed by atoms with van der Waals surface area (Å²) in [5.74, 6) is -1.29. The van der Waals surface area contributed by atoms with Crippen LogP contribution in [0.25, 0.3) is 0 Å². The van der Waals surface area contributed by atoms with Crippen molar-refractivity contribution in [3.63, 3.8) is 0 Å². The van der Waals surface area contributed by atoms with Crippen LogP contribution >= 0.6 is 12.4 Å². The molecular formula is C31H38ClNO5. The Labute approximate surface area is 231 Å². The summed E-state index contributed by atoms with van der Waals surface area (Å²) in [6, 6.07) is 18.4. The maximum absolute atomic E-state index is 12.9. The average molecular weight is 540 g/mol. The smallest absolute Gasteiger partial charge is 0.343 e. The molecule has 0 bridgehead atoms. The number of halogens is 1. The predicted molar refractivity (Wildman–Crippen MR) is 152 cm³/mol. The molecule has 0 radical (unpaired) electrons. The number of ether oxygens (including phenoxy) is 2. The molecule has 0 fully saturated rings. The zero-order valence-corrected chi connectivity index (χ0v) is 23.7. The fraction of sp³-hybridized carbons (Fsp3) is 0.355. The molecule has 0 heterocycles. The lowest BCUT2D eigenvalue weighted by molar-refractivity contribution is 0.0602. The minimum atomic E-state index is -0.905. The third-order valence-electron chi connectivity index (χ3n) is 6.63. The minimum absolute atomic E-state index is 0. The summed E-state index contributed by atoms with van der Waals surface area (Å²) in [7, 11) is 0. The highest BCUT2D eigenvalue weighted by Crippen LogP contribution is 2.38. The van der Waals surface area contributed by atoms with Crippen LogP contribution < -0.4 is 15.2 Å². The van der Waals surface area contributed by atoms with Crippen LogP contribution in [0.4, 0.5) is 0 Å². The van der Waals surface area contributed by atoms with Gasteiger partial charge < -0.3 is 20.3 Å². The molecule has 0 saturated heterocycles. The summed E-state index contributed by atoms with van der Waals surface area (Å²) in [5, 5.41) is 11.3. The number of carbonyl (C=O) groups is 2. The van der Waals surface area contributed by atoms with Crippen LogP contribution in [-0.2, 0) is 0 Å². The Morgan fingerprint density at radius 3 is 1.68 bits per heavy atom. The van der Waals surface area contributed by atoms with Crippen LogP contribution in [0.1, 0.15) is 77.6 Å². The molecule has 0 saturated carbocycles. The van der Waals surface area contributed by atoms with Crippen LogP contribution in [0.15, 0.2) is 66.7 Å². The first-order valence-corrected chi connectivity index (χ1v) is 12.6. The number of aryl methyl sites for hydroxylation is 2. The number of aliphatic hydroxyl groups is 1. The Kier molecular flexibility index (Phi) is 10.7. The second kappa shape index (κ2) is 13.1. The van der Waals surface area contributed by atoms with Crippen molar-refractivity contribution in [1.29, 1.82) is 0 Å². The van der Waals surface area contributed by atoms with Crippen LogP contribution in [0.2, 0.25) is 0 Å². The molecule has 3 rings (SSSR count). The van der Waals surface area contributed by atoms with Crippen LogP contribution in [0.5, 0.6) is 11.5 Å². The van der Waals surface area contributed by atoms with Crippen LogP contribution in [0, 0.1) is 25.2 Å². The van der Waals surface area contributed by atoms with E-state index in [2.05, 4.69) is 0 Å². The topological polar surface area (TPSA) is 98.9 Å². The van der Waals surface area contributed by atoms with Crippen molar-refractivity contribution in [3.8, 4) is 11.5 Å². The molecular weight excluding hydrogens is 502 g/mol. The Bertz CT molecular complexity index is 1230. The molecule has 204 valence electrons. The predicted octanol–water partition coefficient (Wildman–Crippen LogP) is 6.60. The zero-order chi connectivity index (χ0) is 27.3. The molecule has 0 spiro atoms. The van der Waals surface area contributed by atoms with Gasteiger partial charge in [0.05, 0.1) is 17.2 Å². The summed E-state index contributed by atoms with van der Waals surface area (Å²) in [6.45, 7) is 11.9. The molecule has 0 amide bonds. The largest absolute Gasteiger partial charge is 0.419 e. The number of esters is 2. The molecule has 0 aliphatic rings. The minimum Gasteiger partial charge on any atom is -0.419 e. The van der Waals surface area contributed by atoms with Gasteiger partial charge in [0.1, 0.15) is 0 Å². The second-order valence-corrected chi connectivity index (χ2v) is 10.6. The maximum atomic E-state index is 12.9. The highest BCUT2D eigenvalue weighted by atomic mass is 35.5. The van der Waals surface area contributed by atoms with Gasteiger partial charge in [-0.15, -0.1) is 12.4 Å². The van der Waals surface area contributed by atoms with Crippen molar-refractivity contribution in [2.24, 2.45) is 17.1 Å². The monoisotopic (exact) mass is 539 g/mol. The summed E-state index contributed by atoms with van der Waals surface area (Å²) >= 11 is 0. The van der Waals surface area contributed by atoms with Gasteiger partial charge in [-0.25, -0.2) is 9.59 Å². The lowest BCUT2D eigenvalue weighted by Gasteiger charge is -2.36. The van der Waals surface area contributed by atoms with E-state index in [1.807, 2.05) is 65.8 Å².